The number of rotatable bonds is 4. The van der Waals surface area contributed by atoms with E-state index in [-0.39, 0.29) is 11.2 Å². The van der Waals surface area contributed by atoms with Crippen molar-refractivity contribution in [2.45, 2.75) is 12.3 Å². The van der Waals surface area contributed by atoms with Crippen molar-refractivity contribution in [2.75, 3.05) is 26.0 Å². The fourth-order valence-corrected chi connectivity index (χ4v) is 3.28. The van der Waals surface area contributed by atoms with Gasteiger partial charge in [0.2, 0.25) is 0 Å². The molecule has 1 atom stereocenters. The van der Waals surface area contributed by atoms with Gasteiger partial charge in [-0.15, -0.1) is 11.8 Å². The van der Waals surface area contributed by atoms with Crippen LogP contribution in [-0.4, -0.2) is 42.0 Å². The van der Waals surface area contributed by atoms with Gasteiger partial charge < -0.3 is 4.74 Å². The minimum Gasteiger partial charge on any atom is -0.497 e. The van der Waals surface area contributed by atoms with E-state index in [1.807, 2.05) is 24.3 Å². The van der Waals surface area contributed by atoms with Gasteiger partial charge in [0, 0.05) is 17.9 Å². The molecule has 4 heteroatoms. The van der Waals surface area contributed by atoms with E-state index in [2.05, 4.69) is 11.8 Å². The summed E-state index contributed by atoms with van der Waals surface area (Å²) in [6, 6.07) is 7.36. The van der Waals surface area contributed by atoms with Gasteiger partial charge in [-0.2, -0.15) is 0 Å². The van der Waals surface area contributed by atoms with Crippen LogP contribution in [0.15, 0.2) is 24.3 Å². The van der Waals surface area contributed by atoms with Gasteiger partial charge in [0.05, 0.1) is 7.11 Å². The Labute approximate surface area is 106 Å². The van der Waals surface area contributed by atoms with Crippen LogP contribution in [0.3, 0.4) is 0 Å². The molecule has 0 saturated carbocycles. The zero-order chi connectivity index (χ0) is 12.3. The summed E-state index contributed by atoms with van der Waals surface area (Å²) in [4.78, 5) is 14.5. The lowest BCUT2D eigenvalue weighted by Crippen LogP contribution is -2.34. The van der Waals surface area contributed by atoms with Gasteiger partial charge in [-0.3, -0.25) is 9.69 Å². The predicted molar refractivity (Wildman–Crippen MR) is 70.8 cm³/mol. The number of methoxy groups -OCH3 is 1. The number of carbonyl (C=O) groups excluding carboxylic acids is 1. The van der Waals surface area contributed by atoms with E-state index in [4.69, 9.17) is 4.74 Å². The van der Waals surface area contributed by atoms with Gasteiger partial charge >= 0.3 is 0 Å². The maximum Gasteiger partial charge on any atom is 0.190 e. The highest BCUT2D eigenvalue weighted by atomic mass is 32.2. The Hall–Kier alpha value is -1.00. The summed E-state index contributed by atoms with van der Waals surface area (Å²) < 4.78 is 5.09. The molecule has 1 aromatic carbocycles. The van der Waals surface area contributed by atoms with Crippen LogP contribution in [-0.2, 0) is 0 Å². The summed E-state index contributed by atoms with van der Waals surface area (Å²) in [5.41, 5.74) is 0.767. The standard InChI is InChI=1S/C13H17NO2S/c1-3-14-8-9-17-13(14)12(15)10-4-6-11(16-2)7-5-10/h4-7,13H,3,8-9H2,1-2H3. The highest BCUT2D eigenvalue weighted by Gasteiger charge is 2.30. The van der Waals surface area contributed by atoms with Crippen molar-refractivity contribution in [1.29, 1.82) is 0 Å². The number of ketones is 1. The maximum absolute atomic E-state index is 12.3. The van der Waals surface area contributed by atoms with Crippen molar-refractivity contribution in [3.8, 4) is 5.75 Å². The Morgan fingerprint density at radius 3 is 2.76 bits per heavy atom. The van der Waals surface area contributed by atoms with E-state index >= 15 is 0 Å². The van der Waals surface area contributed by atoms with E-state index in [0.717, 1.165) is 30.2 Å². The second kappa shape index (κ2) is 5.56. The highest BCUT2D eigenvalue weighted by molar-refractivity contribution is 8.00. The monoisotopic (exact) mass is 251 g/mol. The second-order valence-corrected chi connectivity index (χ2v) is 5.13. The van der Waals surface area contributed by atoms with Gasteiger partial charge in [-0.1, -0.05) is 6.92 Å². The minimum atomic E-state index is -0.00612. The zero-order valence-electron chi connectivity index (χ0n) is 10.2. The van der Waals surface area contributed by atoms with Crippen LogP contribution in [0.1, 0.15) is 17.3 Å². The van der Waals surface area contributed by atoms with Crippen LogP contribution in [0, 0.1) is 0 Å². The first-order valence-electron chi connectivity index (χ1n) is 5.80. The maximum atomic E-state index is 12.3. The third kappa shape index (κ3) is 2.64. The minimum absolute atomic E-state index is 0.00612. The Bertz CT molecular complexity index is 391. The van der Waals surface area contributed by atoms with E-state index in [0.29, 0.717) is 0 Å². The molecule has 0 aromatic heterocycles. The molecule has 1 unspecified atom stereocenters. The number of thioether (sulfide) groups is 1. The first-order chi connectivity index (χ1) is 8.26. The highest BCUT2D eigenvalue weighted by Crippen LogP contribution is 2.27. The van der Waals surface area contributed by atoms with Crippen LogP contribution in [0.2, 0.25) is 0 Å². The number of hydrogen-bond acceptors (Lipinski definition) is 4. The van der Waals surface area contributed by atoms with E-state index in [9.17, 15) is 4.79 Å². The summed E-state index contributed by atoms with van der Waals surface area (Å²) in [6.45, 7) is 4.04. The largest absolute Gasteiger partial charge is 0.497 e. The van der Waals surface area contributed by atoms with Crippen LogP contribution in [0.5, 0.6) is 5.75 Å². The lowest BCUT2D eigenvalue weighted by Gasteiger charge is -2.20. The van der Waals surface area contributed by atoms with Crippen LogP contribution < -0.4 is 4.74 Å². The normalized spacial score (nSPS) is 20.5. The van der Waals surface area contributed by atoms with E-state index < -0.39 is 0 Å². The number of benzene rings is 1. The Balaban J connectivity index is 2.13. The average Bonchev–Trinajstić information content (AvgIpc) is 2.86. The molecular formula is C13H17NO2S. The Morgan fingerprint density at radius 2 is 2.18 bits per heavy atom. The molecule has 1 aliphatic rings. The van der Waals surface area contributed by atoms with E-state index in [1.54, 1.807) is 18.9 Å². The smallest absolute Gasteiger partial charge is 0.190 e. The zero-order valence-corrected chi connectivity index (χ0v) is 11.0. The number of nitrogens with zero attached hydrogens (tertiary/aromatic N) is 1. The first kappa shape index (κ1) is 12.5. The predicted octanol–water partition coefficient (Wildman–Crippen LogP) is 2.27. The molecule has 1 aliphatic heterocycles. The summed E-state index contributed by atoms with van der Waals surface area (Å²) >= 11 is 1.73. The molecule has 1 heterocycles. The lowest BCUT2D eigenvalue weighted by molar-refractivity contribution is 0.0922. The van der Waals surface area contributed by atoms with Crippen molar-refractivity contribution in [3.05, 3.63) is 29.8 Å². The number of ether oxygens (including phenoxy) is 1. The summed E-state index contributed by atoms with van der Waals surface area (Å²) in [7, 11) is 1.63. The average molecular weight is 251 g/mol. The Morgan fingerprint density at radius 1 is 1.47 bits per heavy atom. The van der Waals surface area contributed by atoms with Crippen molar-refractivity contribution < 1.29 is 9.53 Å². The van der Waals surface area contributed by atoms with Crippen LogP contribution in [0.25, 0.3) is 0 Å². The molecule has 3 nitrogen and oxygen atoms in total. The molecule has 0 amide bonds. The van der Waals surface area contributed by atoms with Crippen molar-refractivity contribution in [1.82, 2.24) is 4.90 Å². The Kier molecular flexibility index (Phi) is 4.07. The molecule has 1 fully saturated rings. The lowest BCUT2D eigenvalue weighted by atomic mass is 10.1. The fourth-order valence-electron chi connectivity index (χ4n) is 1.97. The quantitative estimate of drug-likeness (QED) is 0.768. The van der Waals surface area contributed by atoms with Gasteiger partial charge in [0.25, 0.3) is 0 Å². The molecule has 0 N–H and O–H groups in total. The number of carbonyl (C=O) groups is 1. The SMILES string of the molecule is CCN1CCSC1C(=O)c1ccc(OC)cc1. The van der Waals surface area contributed by atoms with Gasteiger partial charge in [0.1, 0.15) is 11.1 Å². The molecule has 0 bridgehead atoms. The van der Waals surface area contributed by atoms with Crippen molar-refractivity contribution in [2.24, 2.45) is 0 Å². The van der Waals surface area contributed by atoms with Crippen molar-refractivity contribution in [3.63, 3.8) is 0 Å². The summed E-state index contributed by atoms with van der Waals surface area (Å²) in [6.07, 6.45) is 0. The third-order valence-electron chi connectivity index (χ3n) is 2.99. The van der Waals surface area contributed by atoms with Crippen LogP contribution >= 0.6 is 11.8 Å². The van der Waals surface area contributed by atoms with Gasteiger partial charge in [0.15, 0.2) is 5.78 Å². The molecule has 92 valence electrons. The third-order valence-corrected chi connectivity index (χ3v) is 4.24. The number of hydrogen-bond donors (Lipinski definition) is 0. The molecular weight excluding hydrogens is 234 g/mol. The molecule has 2 rings (SSSR count). The molecule has 0 spiro atoms. The van der Waals surface area contributed by atoms with Crippen molar-refractivity contribution >= 4 is 17.5 Å². The van der Waals surface area contributed by atoms with Gasteiger partial charge in [-0.25, -0.2) is 0 Å². The summed E-state index contributed by atoms with van der Waals surface area (Å²) in [5.74, 6) is 2.03. The topological polar surface area (TPSA) is 29.5 Å². The second-order valence-electron chi connectivity index (χ2n) is 3.94. The molecule has 0 radical (unpaired) electrons. The number of Topliss-reactive ketones (excluding diaryl/α,β-unsaturated/α-hetero) is 1. The summed E-state index contributed by atoms with van der Waals surface area (Å²) in [5, 5.41) is -0.00612. The molecule has 0 aliphatic carbocycles. The van der Waals surface area contributed by atoms with E-state index in [1.165, 1.54) is 0 Å². The van der Waals surface area contributed by atoms with Gasteiger partial charge in [-0.05, 0) is 30.8 Å². The molecule has 17 heavy (non-hydrogen) atoms. The number of likely N-dealkylation sites (N-methyl/N-ethyl adjacent to an activating group) is 1. The molecule has 1 aromatic rings. The fraction of sp³-hybridized carbons (Fsp3) is 0.462. The van der Waals surface area contributed by atoms with Crippen LogP contribution in [0.4, 0.5) is 0 Å². The molecule has 1 saturated heterocycles. The first-order valence-corrected chi connectivity index (χ1v) is 6.85.